The Kier molecular flexibility index (Phi) is 4.68. The largest absolute Gasteiger partial charge is 0.347 e. The first-order valence-electron chi connectivity index (χ1n) is 7.15. The van der Waals surface area contributed by atoms with Gasteiger partial charge in [-0.2, -0.15) is 0 Å². The first-order valence-corrected chi connectivity index (χ1v) is 8.32. The van der Waals surface area contributed by atoms with Crippen molar-refractivity contribution in [2.45, 2.75) is 12.5 Å². The van der Waals surface area contributed by atoms with Crippen LogP contribution in [0.4, 0.5) is 5.69 Å². The molecule has 1 fully saturated rings. The zero-order valence-electron chi connectivity index (χ0n) is 12.1. The van der Waals surface area contributed by atoms with Gasteiger partial charge >= 0.3 is 0 Å². The maximum absolute atomic E-state index is 12.3. The van der Waals surface area contributed by atoms with Crippen molar-refractivity contribution >= 4 is 45.0 Å². The first-order chi connectivity index (χ1) is 11.0. The normalized spacial score (nSPS) is 17.4. The minimum Gasteiger partial charge on any atom is -0.347 e. The molecule has 2 amide bonds. The van der Waals surface area contributed by atoms with Gasteiger partial charge in [-0.25, -0.2) is 0 Å². The molecular weight excluding hydrogens is 380 g/mol. The quantitative estimate of drug-likeness (QED) is 0.865. The van der Waals surface area contributed by atoms with Crippen LogP contribution in [0.2, 0.25) is 5.02 Å². The lowest BCUT2D eigenvalue weighted by molar-refractivity contribution is -0.117. The highest BCUT2D eigenvalue weighted by molar-refractivity contribution is 9.10. The summed E-state index contributed by atoms with van der Waals surface area (Å²) in [5.41, 5.74) is 1.36. The van der Waals surface area contributed by atoms with E-state index in [1.807, 2.05) is 6.07 Å². The molecule has 0 spiro atoms. The average Bonchev–Trinajstić information content (AvgIpc) is 2.88. The number of amides is 2. The van der Waals surface area contributed by atoms with Crippen LogP contribution >= 0.6 is 27.5 Å². The minimum absolute atomic E-state index is 0.00753. The van der Waals surface area contributed by atoms with E-state index in [0.29, 0.717) is 23.6 Å². The zero-order valence-corrected chi connectivity index (χ0v) is 14.5. The molecule has 23 heavy (non-hydrogen) atoms. The molecule has 1 aliphatic rings. The molecule has 1 N–H and O–H groups in total. The van der Waals surface area contributed by atoms with Crippen LogP contribution in [-0.4, -0.2) is 24.4 Å². The summed E-state index contributed by atoms with van der Waals surface area (Å²) in [4.78, 5) is 26.1. The van der Waals surface area contributed by atoms with Gasteiger partial charge in [0.15, 0.2) is 0 Å². The van der Waals surface area contributed by atoms with Crippen LogP contribution in [0.1, 0.15) is 16.8 Å². The van der Waals surface area contributed by atoms with Crippen molar-refractivity contribution in [2.24, 2.45) is 0 Å². The predicted octanol–water partition coefficient (Wildman–Crippen LogP) is 3.64. The van der Waals surface area contributed by atoms with Crippen LogP contribution in [0.3, 0.4) is 0 Å². The number of nitrogens with zero attached hydrogens (tertiary/aromatic N) is 1. The van der Waals surface area contributed by atoms with Gasteiger partial charge in [-0.15, -0.1) is 0 Å². The molecule has 0 radical (unpaired) electrons. The van der Waals surface area contributed by atoms with Gasteiger partial charge in [0.1, 0.15) is 0 Å². The molecular formula is C17H14BrClN2O2. The summed E-state index contributed by atoms with van der Waals surface area (Å²) in [7, 11) is 0. The van der Waals surface area contributed by atoms with Crippen LogP contribution in [-0.2, 0) is 4.79 Å². The van der Waals surface area contributed by atoms with Crippen molar-refractivity contribution < 1.29 is 9.59 Å². The second-order valence-electron chi connectivity index (χ2n) is 5.37. The molecule has 6 heteroatoms. The summed E-state index contributed by atoms with van der Waals surface area (Å²) in [6, 6.07) is 14.1. The maximum Gasteiger partial charge on any atom is 0.251 e. The van der Waals surface area contributed by atoms with E-state index in [-0.39, 0.29) is 17.9 Å². The summed E-state index contributed by atoms with van der Waals surface area (Å²) in [5.74, 6) is -0.186. The van der Waals surface area contributed by atoms with Gasteiger partial charge in [0, 0.05) is 33.7 Å². The van der Waals surface area contributed by atoms with E-state index in [1.165, 1.54) is 0 Å². The molecule has 0 aromatic heterocycles. The molecule has 3 rings (SSSR count). The van der Waals surface area contributed by atoms with Crippen LogP contribution in [0.5, 0.6) is 0 Å². The summed E-state index contributed by atoms with van der Waals surface area (Å²) in [6.45, 7) is 0.459. The van der Waals surface area contributed by atoms with Crippen LogP contribution in [0.15, 0.2) is 53.0 Å². The van der Waals surface area contributed by atoms with Gasteiger partial charge in [-0.1, -0.05) is 33.6 Å². The van der Waals surface area contributed by atoms with E-state index in [9.17, 15) is 9.59 Å². The molecule has 0 aliphatic carbocycles. The van der Waals surface area contributed by atoms with Crippen molar-refractivity contribution in [2.75, 3.05) is 11.4 Å². The summed E-state index contributed by atoms with van der Waals surface area (Å²) in [5, 5.41) is 3.54. The zero-order chi connectivity index (χ0) is 16.4. The van der Waals surface area contributed by atoms with Crippen LogP contribution in [0, 0.1) is 0 Å². The number of rotatable bonds is 3. The van der Waals surface area contributed by atoms with Crippen molar-refractivity contribution in [3.8, 4) is 0 Å². The number of carbonyl (C=O) groups excluding carboxylic acids is 2. The Balaban J connectivity index is 1.68. The first kappa shape index (κ1) is 16.0. The highest BCUT2D eigenvalue weighted by Gasteiger charge is 2.31. The highest BCUT2D eigenvalue weighted by atomic mass is 79.9. The lowest BCUT2D eigenvalue weighted by Gasteiger charge is -2.17. The van der Waals surface area contributed by atoms with Crippen molar-refractivity contribution in [1.29, 1.82) is 0 Å². The average molecular weight is 394 g/mol. The number of benzene rings is 2. The molecule has 1 aliphatic heterocycles. The van der Waals surface area contributed by atoms with Crippen molar-refractivity contribution in [1.82, 2.24) is 5.32 Å². The molecule has 2 aromatic carbocycles. The Morgan fingerprint density at radius 3 is 2.65 bits per heavy atom. The summed E-state index contributed by atoms with van der Waals surface area (Å²) in [6.07, 6.45) is 0.294. The Bertz CT molecular complexity index is 749. The van der Waals surface area contributed by atoms with Gasteiger partial charge < -0.3 is 10.2 Å². The maximum atomic E-state index is 12.3. The predicted molar refractivity (Wildman–Crippen MR) is 93.8 cm³/mol. The lowest BCUT2D eigenvalue weighted by Crippen LogP contribution is -2.37. The van der Waals surface area contributed by atoms with Crippen molar-refractivity contribution in [3.63, 3.8) is 0 Å². The van der Waals surface area contributed by atoms with Gasteiger partial charge in [0.05, 0.1) is 6.04 Å². The number of nitrogens with one attached hydrogen (secondary N) is 1. The Labute approximate surface area is 147 Å². The molecule has 1 saturated heterocycles. The van der Waals surface area contributed by atoms with E-state index in [4.69, 9.17) is 11.6 Å². The molecule has 1 atom stereocenters. The standard InChI is InChI=1S/C17H14BrClN2O2/c18-12-3-1-2-11(8-12)17(23)20-14-9-16(22)21(10-14)15-6-4-13(19)5-7-15/h1-8,14H,9-10H2,(H,20,23)/t14-/m1/s1. The number of hydrogen-bond donors (Lipinski definition) is 1. The van der Waals surface area contributed by atoms with Gasteiger partial charge in [-0.05, 0) is 42.5 Å². The Hall–Kier alpha value is -1.85. The smallest absolute Gasteiger partial charge is 0.251 e. The molecule has 2 aromatic rings. The molecule has 118 valence electrons. The third kappa shape index (κ3) is 3.74. The molecule has 1 heterocycles. The molecule has 0 saturated carbocycles. The Morgan fingerprint density at radius 2 is 1.96 bits per heavy atom. The van der Waals surface area contributed by atoms with Crippen molar-refractivity contribution in [3.05, 3.63) is 63.6 Å². The molecule has 0 bridgehead atoms. The van der Waals surface area contributed by atoms with E-state index >= 15 is 0 Å². The van der Waals surface area contributed by atoms with Crippen LogP contribution < -0.4 is 10.2 Å². The highest BCUT2D eigenvalue weighted by Crippen LogP contribution is 2.23. The monoisotopic (exact) mass is 392 g/mol. The summed E-state index contributed by atoms with van der Waals surface area (Å²) < 4.78 is 0.843. The number of anilines is 1. The van der Waals surface area contributed by atoms with E-state index < -0.39 is 0 Å². The third-order valence-corrected chi connectivity index (χ3v) is 4.43. The topological polar surface area (TPSA) is 49.4 Å². The second kappa shape index (κ2) is 6.72. The number of carbonyl (C=O) groups is 2. The fraction of sp³-hybridized carbons (Fsp3) is 0.176. The van der Waals surface area contributed by atoms with E-state index in [2.05, 4.69) is 21.2 Å². The summed E-state index contributed by atoms with van der Waals surface area (Å²) >= 11 is 9.21. The van der Waals surface area contributed by atoms with Gasteiger partial charge in [-0.3, -0.25) is 9.59 Å². The fourth-order valence-corrected chi connectivity index (χ4v) is 3.10. The SMILES string of the molecule is O=C(N[C@@H]1CC(=O)N(c2ccc(Cl)cc2)C1)c1cccc(Br)c1. The van der Waals surface area contributed by atoms with Gasteiger partial charge in [0.25, 0.3) is 5.91 Å². The molecule has 4 nitrogen and oxygen atoms in total. The second-order valence-corrected chi connectivity index (χ2v) is 6.72. The molecule has 0 unspecified atom stereocenters. The lowest BCUT2D eigenvalue weighted by atomic mass is 10.2. The number of hydrogen-bond acceptors (Lipinski definition) is 2. The third-order valence-electron chi connectivity index (χ3n) is 3.69. The minimum atomic E-state index is -0.204. The Morgan fingerprint density at radius 1 is 1.22 bits per heavy atom. The van der Waals surface area contributed by atoms with E-state index in [1.54, 1.807) is 47.4 Å². The fourth-order valence-electron chi connectivity index (χ4n) is 2.57. The number of halogens is 2. The van der Waals surface area contributed by atoms with Crippen LogP contribution in [0.25, 0.3) is 0 Å². The van der Waals surface area contributed by atoms with Gasteiger partial charge in [0.2, 0.25) is 5.91 Å². The van der Waals surface area contributed by atoms with E-state index in [0.717, 1.165) is 10.2 Å².